The molecule has 0 aliphatic carbocycles. The van der Waals surface area contributed by atoms with Gasteiger partial charge in [-0.2, -0.15) is 0 Å². The number of halogens is 1. The lowest BCUT2D eigenvalue weighted by Gasteiger charge is -2.09. The number of nitrogens with one attached hydrogen (secondary N) is 1. The summed E-state index contributed by atoms with van der Waals surface area (Å²) in [7, 11) is 0. The van der Waals surface area contributed by atoms with Crippen molar-refractivity contribution in [2.75, 3.05) is 5.32 Å². The van der Waals surface area contributed by atoms with Gasteiger partial charge in [0.25, 0.3) is 0 Å². The Hall–Kier alpha value is -1.68. The Morgan fingerprint density at radius 3 is 2.55 bits per heavy atom. The third-order valence-corrected chi connectivity index (χ3v) is 3.51. The number of aryl methyl sites for hydroxylation is 3. The monoisotopic (exact) mass is 362 g/mol. The van der Waals surface area contributed by atoms with E-state index in [4.69, 9.17) is 0 Å². The molecule has 1 N–H and O–H groups in total. The molecular weight excluding hydrogens is 340 g/mol. The Labute approximate surface area is 143 Å². The van der Waals surface area contributed by atoms with E-state index in [-0.39, 0.29) is 22.9 Å². The number of anilines is 1. The van der Waals surface area contributed by atoms with Crippen molar-refractivity contribution in [1.82, 2.24) is 0 Å². The molecule has 2 rings (SSSR count). The van der Waals surface area contributed by atoms with Crippen molar-refractivity contribution in [2.24, 2.45) is 0 Å². The fourth-order valence-corrected chi connectivity index (χ4v) is 2.25. The van der Waals surface area contributed by atoms with Crippen LogP contribution >= 0.6 is 0 Å². The summed E-state index contributed by atoms with van der Waals surface area (Å²) < 4.78 is 2.14. The van der Waals surface area contributed by atoms with Crippen LogP contribution in [-0.4, -0.2) is 5.91 Å². The lowest BCUT2D eigenvalue weighted by Crippen LogP contribution is -3.00. The summed E-state index contributed by atoms with van der Waals surface area (Å²) in [5.41, 5.74) is 3.20. The van der Waals surface area contributed by atoms with Gasteiger partial charge in [-0.25, -0.2) is 4.57 Å². The van der Waals surface area contributed by atoms with Gasteiger partial charge in [0.2, 0.25) is 5.91 Å². The first-order chi connectivity index (χ1) is 10.1. The molecule has 1 heterocycles. The van der Waals surface area contributed by atoms with E-state index in [0.717, 1.165) is 36.2 Å². The molecule has 118 valence electrons. The van der Waals surface area contributed by atoms with Crippen molar-refractivity contribution < 1.29 is 26.3 Å². The minimum Gasteiger partial charge on any atom is -1.00 e. The number of pyridine rings is 1. The summed E-state index contributed by atoms with van der Waals surface area (Å²) in [5.74, 6) is 0.0989. The van der Waals surface area contributed by atoms with Crippen molar-refractivity contribution in [2.45, 2.75) is 39.7 Å². The highest BCUT2D eigenvalue weighted by Crippen LogP contribution is 2.16. The van der Waals surface area contributed by atoms with Crippen LogP contribution in [0.15, 0.2) is 48.8 Å². The first-order valence-electron chi connectivity index (χ1n) is 7.46. The molecule has 1 aromatic carbocycles. The zero-order valence-corrected chi connectivity index (χ0v) is 14.8. The second-order valence-corrected chi connectivity index (χ2v) is 5.44. The van der Waals surface area contributed by atoms with Crippen molar-refractivity contribution >= 4 is 11.6 Å². The summed E-state index contributed by atoms with van der Waals surface area (Å²) in [5, 5.41) is 3.00. The third kappa shape index (κ3) is 5.98. The fourth-order valence-electron chi connectivity index (χ4n) is 2.25. The van der Waals surface area contributed by atoms with E-state index < -0.39 is 0 Å². The second kappa shape index (κ2) is 9.36. The van der Waals surface area contributed by atoms with E-state index in [1.165, 1.54) is 0 Å². The van der Waals surface area contributed by atoms with Gasteiger partial charge in [0.05, 0.1) is 0 Å². The van der Waals surface area contributed by atoms with Crippen molar-refractivity contribution in [3.8, 4) is 0 Å². The van der Waals surface area contributed by atoms with Gasteiger partial charge >= 0.3 is 0 Å². The highest BCUT2D eigenvalue weighted by Gasteiger charge is 2.06. The van der Waals surface area contributed by atoms with E-state index in [1.807, 2.05) is 44.2 Å². The molecule has 3 nitrogen and oxygen atoms in total. The number of nitrogens with zero attached hydrogens (tertiary/aromatic N) is 1. The smallest absolute Gasteiger partial charge is 0.224 e. The molecular formula is C18H23BrN2O. The zero-order valence-electron chi connectivity index (χ0n) is 13.2. The standard InChI is InChI=1S/C18H22N2O.BrH/c1-15-9-10-16(2)17(14-15)19-18(21)8-4-7-13-20-11-5-3-6-12-20;/h3,5-6,9-12,14H,4,7-8,13H2,1-2H3;1H. The molecule has 0 saturated carbocycles. The number of unbranched alkanes of at least 4 members (excludes halogenated alkanes) is 1. The van der Waals surface area contributed by atoms with Gasteiger partial charge in [0, 0.05) is 30.7 Å². The summed E-state index contributed by atoms with van der Waals surface area (Å²) in [6.07, 6.45) is 6.58. The molecule has 1 aromatic heterocycles. The number of hydrogen-bond acceptors (Lipinski definition) is 1. The lowest BCUT2D eigenvalue weighted by atomic mass is 10.1. The molecule has 4 heteroatoms. The van der Waals surface area contributed by atoms with Crippen LogP contribution in [0, 0.1) is 13.8 Å². The van der Waals surface area contributed by atoms with E-state index in [9.17, 15) is 4.79 Å². The third-order valence-electron chi connectivity index (χ3n) is 3.51. The molecule has 0 radical (unpaired) electrons. The Morgan fingerprint density at radius 1 is 1.09 bits per heavy atom. The van der Waals surface area contributed by atoms with Crippen LogP contribution in [0.2, 0.25) is 0 Å². The van der Waals surface area contributed by atoms with E-state index >= 15 is 0 Å². The summed E-state index contributed by atoms with van der Waals surface area (Å²) >= 11 is 0. The molecule has 0 atom stereocenters. The predicted molar refractivity (Wildman–Crippen MR) is 85.0 cm³/mol. The first kappa shape index (κ1) is 18.4. The van der Waals surface area contributed by atoms with Crippen LogP contribution < -0.4 is 26.9 Å². The summed E-state index contributed by atoms with van der Waals surface area (Å²) in [6.45, 7) is 5.00. The van der Waals surface area contributed by atoms with Crippen molar-refractivity contribution in [3.63, 3.8) is 0 Å². The van der Waals surface area contributed by atoms with Gasteiger partial charge < -0.3 is 22.3 Å². The van der Waals surface area contributed by atoms with E-state index in [2.05, 4.69) is 28.3 Å². The Kier molecular flexibility index (Phi) is 7.82. The maximum absolute atomic E-state index is 12.0. The number of carbonyl (C=O) groups is 1. The van der Waals surface area contributed by atoms with Gasteiger partial charge in [-0.3, -0.25) is 4.79 Å². The number of carbonyl (C=O) groups excluding carboxylic acids is 1. The van der Waals surface area contributed by atoms with Gasteiger partial charge in [-0.05, 0) is 37.5 Å². The molecule has 0 fully saturated rings. The van der Waals surface area contributed by atoms with Crippen LogP contribution in [-0.2, 0) is 11.3 Å². The maximum Gasteiger partial charge on any atom is 0.224 e. The van der Waals surface area contributed by atoms with Crippen LogP contribution in [0.4, 0.5) is 5.69 Å². The number of aromatic nitrogens is 1. The molecule has 0 aliphatic heterocycles. The Bertz CT molecular complexity index is 599. The number of hydrogen-bond donors (Lipinski definition) is 1. The fraction of sp³-hybridized carbons (Fsp3) is 0.333. The predicted octanol–water partition coefficient (Wildman–Crippen LogP) is 0.404. The van der Waals surface area contributed by atoms with Gasteiger partial charge in [-0.1, -0.05) is 18.2 Å². The van der Waals surface area contributed by atoms with Crippen LogP contribution in [0.1, 0.15) is 30.4 Å². The largest absolute Gasteiger partial charge is 1.00 e. The maximum atomic E-state index is 12.0. The quantitative estimate of drug-likeness (QED) is 0.585. The highest BCUT2D eigenvalue weighted by atomic mass is 79.9. The SMILES string of the molecule is Cc1ccc(C)c(NC(=O)CCCC[n+]2ccccc2)c1.[Br-]. The van der Waals surface area contributed by atoms with Crippen LogP contribution in [0.3, 0.4) is 0 Å². The van der Waals surface area contributed by atoms with Gasteiger partial charge in [0.15, 0.2) is 12.4 Å². The van der Waals surface area contributed by atoms with E-state index in [1.54, 1.807) is 0 Å². The normalized spacial score (nSPS) is 9.91. The molecule has 0 saturated heterocycles. The minimum atomic E-state index is 0. The molecule has 0 unspecified atom stereocenters. The van der Waals surface area contributed by atoms with Crippen molar-refractivity contribution in [1.29, 1.82) is 0 Å². The molecule has 22 heavy (non-hydrogen) atoms. The number of benzene rings is 1. The molecule has 1 amide bonds. The molecule has 0 bridgehead atoms. The highest BCUT2D eigenvalue weighted by molar-refractivity contribution is 5.91. The Balaban J connectivity index is 0.00000242. The van der Waals surface area contributed by atoms with E-state index in [0.29, 0.717) is 6.42 Å². The zero-order chi connectivity index (χ0) is 15.1. The molecule has 0 spiro atoms. The van der Waals surface area contributed by atoms with Gasteiger partial charge in [-0.15, -0.1) is 0 Å². The lowest BCUT2D eigenvalue weighted by molar-refractivity contribution is -0.697. The van der Waals surface area contributed by atoms with Crippen LogP contribution in [0.5, 0.6) is 0 Å². The van der Waals surface area contributed by atoms with Crippen LogP contribution in [0.25, 0.3) is 0 Å². The van der Waals surface area contributed by atoms with Crippen molar-refractivity contribution in [3.05, 3.63) is 59.9 Å². The molecule has 0 aliphatic rings. The number of rotatable bonds is 6. The minimum absolute atomic E-state index is 0. The number of amides is 1. The average molecular weight is 363 g/mol. The Morgan fingerprint density at radius 2 is 1.82 bits per heavy atom. The second-order valence-electron chi connectivity index (χ2n) is 5.44. The topological polar surface area (TPSA) is 33.0 Å². The first-order valence-corrected chi connectivity index (χ1v) is 7.46. The molecule has 2 aromatic rings. The summed E-state index contributed by atoms with van der Waals surface area (Å²) in [6, 6.07) is 12.2. The summed E-state index contributed by atoms with van der Waals surface area (Å²) in [4.78, 5) is 12.0. The van der Waals surface area contributed by atoms with Gasteiger partial charge in [0.1, 0.15) is 6.54 Å². The average Bonchev–Trinajstić information content (AvgIpc) is 2.48.